The third-order valence-electron chi connectivity index (χ3n) is 5.18. The van der Waals surface area contributed by atoms with Crippen molar-refractivity contribution in [2.75, 3.05) is 5.32 Å². The van der Waals surface area contributed by atoms with Crippen molar-refractivity contribution in [3.8, 4) is 0 Å². The predicted molar refractivity (Wildman–Crippen MR) is 126 cm³/mol. The first-order valence-electron chi connectivity index (χ1n) is 10.2. The highest BCUT2D eigenvalue weighted by atomic mass is 32.2. The summed E-state index contributed by atoms with van der Waals surface area (Å²) in [6.45, 7) is 1.88. The van der Waals surface area contributed by atoms with Crippen LogP contribution in [0, 0.1) is 6.92 Å². The number of carbonyl (C=O) groups is 1. The summed E-state index contributed by atoms with van der Waals surface area (Å²) in [6.07, 6.45) is 1.75. The molecule has 4 rings (SSSR count). The van der Waals surface area contributed by atoms with Crippen molar-refractivity contribution in [2.45, 2.75) is 24.3 Å². The topological polar surface area (TPSA) is 88.2 Å². The van der Waals surface area contributed by atoms with Gasteiger partial charge in [-0.25, -0.2) is 8.42 Å². The number of hydrogen-bond acceptors (Lipinski definition) is 4. The largest absolute Gasteiger partial charge is 0.324 e. The minimum Gasteiger partial charge on any atom is -0.324 e. The Labute approximate surface area is 187 Å². The lowest BCUT2D eigenvalue weighted by molar-refractivity contribution is -0.117. The predicted octanol–water partition coefficient (Wildman–Crippen LogP) is 4.07. The fraction of sp³-hybridized carbons (Fsp3) is 0.120. The second-order valence-electron chi connectivity index (χ2n) is 7.50. The number of aromatic nitrogens is 1. The van der Waals surface area contributed by atoms with E-state index in [0.717, 1.165) is 11.1 Å². The summed E-state index contributed by atoms with van der Waals surface area (Å²) in [5.41, 5.74) is 2.73. The Kier molecular flexibility index (Phi) is 6.30. The number of benzene rings is 3. The number of sulfonamides is 1. The molecule has 7 heteroatoms. The summed E-state index contributed by atoms with van der Waals surface area (Å²) >= 11 is 0. The smallest absolute Gasteiger partial charge is 0.243 e. The van der Waals surface area contributed by atoms with E-state index in [4.69, 9.17) is 0 Å². The standard InChI is InChI=1S/C25H23N3O3S/c1-18-9-5-6-14-21(18)27-25(29)22(17-19-10-3-2-4-11-19)28-32(30,31)23-15-7-12-20-13-8-16-26-24(20)23/h2-16,22,28H,17H2,1H3,(H,27,29)/t22-/m0/s1. The van der Waals surface area contributed by atoms with Gasteiger partial charge in [0, 0.05) is 17.3 Å². The molecule has 4 aromatic rings. The van der Waals surface area contributed by atoms with Crippen molar-refractivity contribution in [1.82, 2.24) is 9.71 Å². The molecule has 3 aromatic carbocycles. The third kappa shape index (κ3) is 4.85. The van der Waals surface area contributed by atoms with Gasteiger partial charge in [-0.05, 0) is 42.7 Å². The van der Waals surface area contributed by atoms with Crippen LogP contribution in [0.25, 0.3) is 10.9 Å². The number of para-hydroxylation sites is 2. The monoisotopic (exact) mass is 445 g/mol. The maximum atomic E-state index is 13.3. The Balaban J connectivity index is 1.67. The van der Waals surface area contributed by atoms with Crippen LogP contribution in [0.2, 0.25) is 0 Å². The molecular weight excluding hydrogens is 422 g/mol. The molecule has 0 aliphatic carbocycles. The van der Waals surface area contributed by atoms with Crippen LogP contribution < -0.4 is 10.0 Å². The third-order valence-corrected chi connectivity index (χ3v) is 6.69. The van der Waals surface area contributed by atoms with Crippen LogP contribution in [0.4, 0.5) is 5.69 Å². The average molecular weight is 446 g/mol. The Hall–Kier alpha value is -3.55. The van der Waals surface area contributed by atoms with Crippen LogP contribution in [-0.2, 0) is 21.2 Å². The number of nitrogens with zero attached hydrogens (tertiary/aromatic N) is 1. The minimum absolute atomic E-state index is 0.0392. The zero-order chi connectivity index (χ0) is 22.6. The molecule has 1 atom stereocenters. The fourth-order valence-electron chi connectivity index (χ4n) is 3.51. The second-order valence-corrected chi connectivity index (χ2v) is 9.18. The van der Waals surface area contributed by atoms with Crippen molar-refractivity contribution in [3.63, 3.8) is 0 Å². The first kappa shape index (κ1) is 21.7. The number of rotatable bonds is 7. The van der Waals surface area contributed by atoms with Crippen molar-refractivity contribution in [2.24, 2.45) is 0 Å². The fourth-order valence-corrected chi connectivity index (χ4v) is 4.89. The van der Waals surface area contributed by atoms with E-state index < -0.39 is 22.0 Å². The molecule has 0 saturated heterocycles. The first-order chi connectivity index (χ1) is 15.4. The quantitative estimate of drug-likeness (QED) is 0.449. The summed E-state index contributed by atoms with van der Waals surface area (Å²) in [5, 5.41) is 3.57. The number of nitrogens with one attached hydrogen (secondary N) is 2. The highest BCUT2D eigenvalue weighted by molar-refractivity contribution is 7.89. The molecule has 1 heterocycles. The lowest BCUT2D eigenvalue weighted by atomic mass is 10.1. The van der Waals surface area contributed by atoms with E-state index >= 15 is 0 Å². The van der Waals surface area contributed by atoms with Crippen molar-refractivity contribution < 1.29 is 13.2 Å². The Morgan fingerprint density at radius 3 is 2.41 bits per heavy atom. The lowest BCUT2D eigenvalue weighted by Gasteiger charge is -2.20. The molecule has 2 N–H and O–H groups in total. The van der Waals surface area contributed by atoms with Gasteiger partial charge in [0.15, 0.2) is 0 Å². The van der Waals surface area contributed by atoms with Gasteiger partial charge >= 0.3 is 0 Å². The molecule has 0 unspecified atom stereocenters. The van der Waals surface area contributed by atoms with Gasteiger partial charge in [0.25, 0.3) is 0 Å². The molecule has 0 radical (unpaired) electrons. The van der Waals surface area contributed by atoms with E-state index in [1.54, 1.807) is 36.5 Å². The van der Waals surface area contributed by atoms with Gasteiger partial charge in [0.1, 0.15) is 10.9 Å². The highest BCUT2D eigenvalue weighted by Gasteiger charge is 2.28. The number of carbonyl (C=O) groups excluding carboxylic acids is 1. The number of fused-ring (bicyclic) bond motifs is 1. The molecule has 0 aliphatic heterocycles. The molecule has 6 nitrogen and oxygen atoms in total. The lowest BCUT2D eigenvalue weighted by Crippen LogP contribution is -2.45. The van der Waals surface area contributed by atoms with E-state index in [-0.39, 0.29) is 11.3 Å². The van der Waals surface area contributed by atoms with Crippen LogP contribution in [0.5, 0.6) is 0 Å². The molecule has 0 spiro atoms. The summed E-state index contributed by atoms with van der Waals surface area (Å²) in [6, 6.07) is 24.2. The zero-order valence-electron chi connectivity index (χ0n) is 17.5. The SMILES string of the molecule is Cc1ccccc1NC(=O)[C@H](Cc1ccccc1)NS(=O)(=O)c1cccc2cccnc12. The van der Waals surface area contributed by atoms with Crippen LogP contribution in [0.1, 0.15) is 11.1 Å². The summed E-state index contributed by atoms with van der Waals surface area (Å²) in [4.78, 5) is 17.5. The van der Waals surface area contributed by atoms with Crippen LogP contribution in [-0.4, -0.2) is 25.4 Å². The Morgan fingerprint density at radius 2 is 1.62 bits per heavy atom. The minimum atomic E-state index is -4.03. The molecule has 0 aliphatic rings. The van der Waals surface area contributed by atoms with E-state index in [2.05, 4.69) is 15.0 Å². The van der Waals surface area contributed by atoms with Crippen LogP contribution in [0.15, 0.2) is 96.0 Å². The Bertz CT molecular complexity index is 1350. The van der Waals surface area contributed by atoms with E-state index in [1.807, 2.05) is 55.5 Å². The summed E-state index contributed by atoms with van der Waals surface area (Å²) < 4.78 is 29.3. The van der Waals surface area contributed by atoms with E-state index in [0.29, 0.717) is 16.6 Å². The van der Waals surface area contributed by atoms with Crippen molar-refractivity contribution in [1.29, 1.82) is 0 Å². The van der Waals surface area contributed by atoms with Gasteiger partial charge in [-0.3, -0.25) is 9.78 Å². The number of pyridine rings is 1. The summed E-state index contributed by atoms with van der Waals surface area (Å²) in [7, 11) is -4.03. The molecule has 0 bridgehead atoms. The maximum absolute atomic E-state index is 13.3. The highest BCUT2D eigenvalue weighted by Crippen LogP contribution is 2.22. The maximum Gasteiger partial charge on any atom is 0.243 e. The van der Waals surface area contributed by atoms with Crippen molar-refractivity contribution >= 4 is 32.5 Å². The molecule has 32 heavy (non-hydrogen) atoms. The number of amides is 1. The normalized spacial score (nSPS) is 12.4. The van der Waals surface area contributed by atoms with Crippen LogP contribution >= 0.6 is 0 Å². The molecule has 0 saturated carbocycles. The number of aryl methyl sites for hydroxylation is 1. The van der Waals surface area contributed by atoms with Crippen LogP contribution in [0.3, 0.4) is 0 Å². The van der Waals surface area contributed by atoms with Gasteiger partial charge < -0.3 is 5.32 Å². The molecule has 0 fully saturated rings. The van der Waals surface area contributed by atoms with Gasteiger partial charge in [-0.1, -0.05) is 66.7 Å². The van der Waals surface area contributed by atoms with Crippen molar-refractivity contribution in [3.05, 3.63) is 102 Å². The van der Waals surface area contributed by atoms with Gasteiger partial charge in [0.2, 0.25) is 15.9 Å². The van der Waals surface area contributed by atoms with E-state index in [9.17, 15) is 13.2 Å². The molecular formula is C25H23N3O3S. The average Bonchev–Trinajstić information content (AvgIpc) is 2.80. The molecule has 162 valence electrons. The van der Waals surface area contributed by atoms with Gasteiger partial charge in [0.05, 0.1) is 5.52 Å². The molecule has 1 aromatic heterocycles. The van der Waals surface area contributed by atoms with E-state index in [1.165, 1.54) is 6.07 Å². The molecule has 1 amide bonds. The second kappa shape index (κ2) is 9.30. The van der Waals surface area contributed by atoms with Gasteiger partial charge in [-0.15, -0.1) is 0 Å². The summed E-state index contributed by atoms with van der Waals surface area (Å²) in [5.74, 6) is -0.431. The number of hydrogen-bond donors (Lipinski definition) is 2. The van der Waals surface area contributed by atoms with Gasteiger partial charge in [-0.2, -0.15) is 4.72 Å². The Morgan fingerprint density at radius 1 is 0.906 bits per heavy atom. The first-order valence-corrected chi connectivity index (χ1v) is 11.7. The number of anilines is 1. The zero-order valence-corrected chi connectivity index (χ0v) is 18.3.